The molecule has 1 aromatic heterocycles. The van der Waals surface area contributed by atoms with E-state index in [0.717, 1.165) is 41.7 Å². The van der Waals surface area contributed by atoms with E-state index in [1.165, 1.54) is 0 Å². The molecule has 0 spiro atoms. The lowest BCUT2D eigenvalue weighted by molar-refractivity contribution is -0.140. The van der Waals surface area contributed by atoms with Crippen molar-refractivity contribution in [2.24, 2.45) is 0 Å². The highest BCUT2D eigenvalue weighted by Crippen LogP contribution is 2.39. The van der Waals surface area contributed by atoms with Gasteiger partial charge in [0.2, 0.25) is 0 Å². The molecule has 0 aliphatic carbocycles. The Morgan fingerprint density at radius 1 is 1.03 bits per heavy atom. The average Bonchev–Trinajstić information content (AvgIpc) is 3.18. The third kappa shape index (κ3) is 4.69. The highest BCUT2D eigenvalue weighted by molar-refractivity contribution is 6.46. The summed E-state index contributed by atoms with van der Waals surface area (Å²) in [5.74, 6) is -0.704. The van der Waals surface area contributed by atoms with Crippen LogP contribution < -0.4 is 4.74 Å². The standard InChI is InChI=1S/C28H29N3O5/c1-35-23-6-5-20-17-22(4-3-21(20)18-23)26(32)24-25(19-7-9-29-10-8-19)31(28(34)27(24)33)12-2-11-30-13-15-36-16-14-30/h3-10,17-18,25,32H,2,11-16H2,1H3/b26-24+. The summed E-state index contributed by atoms with van der Waals surface area (Å²) in [6.07, 6.45) is 3.98. The van der Waals surface area contributed by atoms with Crippen LogP contribution in [0.4, 0.5) is 0 Å². The zero-order chi connectivity index (χ0) is 25.1. The fraction of sp³-hybridized carbons (Fsp3) is 0.321. The summed E-state index contributed by atoms with van der Waals surface area (Å²) in [5, 5.41) is 13.2. The number of hydrogen-bond donors (Lipinski definition) is 1. The Hall–Kier alpha value is -3.75. The SMILES string of the molecule is COc1ccc2cc(/C(O)=C3\C(=O)C(=O)N(CCCN4CCOCC4)C3c3ccncc3)ccc2c1. The lowest BCUT2D eigenvalue weighted by atomic mass is 9.95. The monoisotopic (exact) mass is 487 g/mol. The number of ether oxygens (including phenoxy) is 2. The van der Waals surface area contributed by atoms with Crippen molar-refractivity contribution in [2.75, 3.05) is 46.5 Å². The van der Waals surface area contributed by atoms with Gasteiger partial charge in [0.25, 0.3) is 11.7 Å². The number of aliphatic hydroxyl groups is 1. The maximum Gasteiger partial charge on any atom is 0.295 e. The third-order valence-corrected chi connectivity index (χ3v) is 6.86. The average molecular weight is 488 g/mol. The maximum atomic E-state index is 13.3. The largest absolute Gasteiger partial charge is 0.507 e. The molecule has 2 aliphatic rings. The molecule has 1 unspecified atom stereocenters. The molecule has 186 valence electrons. The van der Waals surface area contributed by atoms with Gasteiger partial charge in [0.1, 0.15) is 11.5 Å². The predicted molar refractivity (Wildman–Crippen MR) is 136 cm³/mol. The molecule has 3 heterocycles. The van der Waals surface area contributed by atoms with Crippen LogP contribution in [0.3, 0.4) is 0 Å². The summed E-state index contributed by atoms with van der Waals surface area (Å²) in [7, 11) is 1.61. The Labute approximate surface area is 209 Å². The molecule has 2 aromatic carbocycles. The van der Waals surface area contributed by atoms with E-state index in [-0.39, 0.29) is 11.3 Å². The highest BCUT2D eigenvalue weighted by Gasteiger charge is 2.45. The summed E-state index contributed by atoms with van der Waals surface area (Å²) in [6.45, 7) is 4.35. The van der Waals surface area contributed by atoms with Crippen LogP contribution in [-0.2, 0) is 14.3 Å². The summed E-state index contributed by atoms with van der Waals surface area (Å²) < 4.78 is 10.7. The molecule has 0 radical (unpaired) electrons. The normalized spacial score (nSPS) is 20.2. The van der Waals surface area contributed by atoms with Gasteiger partial charge in [-0.25, -0.2) is 0 Å². The molecule has 3 aromatic rings. The Balaban J connectivity index is 1.49. The van der Waals surface area contributed by atoms with E-state index >= 15 is 0 Å². The molecular formula is C28H29N3O5. The molecule has 1 amide bonds. The summed E-state index contributed by atoms with van der Waals surface area (Å²) in [6, 6.07) is 14.0. The molecule has 36 heavy (non-hydrogen) atoms. The van der Waals surface area contributed by atoms with Gasteiger partial charge in [-0.3, -0.25) is 19.5 Å². The van der Waals surface area contributed by atoms with E-state index in [1.54, 1.807) is 42.6 Å². The van der Waals surface area contributed by atoms with Gasteiger partial charge in [-0.15, -0.1) is 0 Å². The minimum atomic E-state index is -0.677. The quantitative estimate of drug-likeness (QED) is 0.310. The predicted octanol–water partition coefficient (Wildman–Crippen LogP) is 3.39. The van der Waals surface area contributed by atoms with Gasteiger partial charge in [0, 0.05) is 44.1 Å². The first-order valence-electron chi connectivity index (χ1n) is 12.1. The van der Waals surface area contributed by atoms with Gasteiger partial charge in [-0.1, -0.05) is 18.2 Å². The third-order valence-electron chi connectivity index (χ3n) is 6.86. The van der Waals surface area contributed by atoms with E-state index < -0.39 is 17.7 Å². The van der Waals surface area contributed by atoms with Gasteiger partial charge in [-0.05, 0) is 53.1 Å². The topological polar surface area (TPSA) is 92.2 Å². The molecule has 2 fully saturated rings. The van der Waals surface area contributed by atoms with Crippen molar-refractivity contribution in [2.45, 2.75) is 12.5 Å². The van der Waals surface area contributed by atoms with Crippen molar-refractivity contribution in [1.82, 2.24) is 14.8 Å². The van der Waals surface area contributed by atoms with Crippen LogP contribution in [0.2, 0.25) is 0 Å². The second kappa shape index (κ2) is 10.5. The maximum absolute atomic E-state index is 13.3. The van der Waals surface area contributed by atoms with Crippen LogP contribution in [0, 0.1) is 0 Å². The second-order valence-corrected chi connectivity index (χ2v) is 9.01. The number of carbonyl (C=O) groups is 2. The number of ketones is 1. The van der Waals surface area contributed by atoms with Crippen LogP contribution in [0.15, 0.2) is 66.5 Å². The zero-order valence-corrected chi connectivity index (χ0v) is 20.2. The Morgan fingerprint density at radius 2 is 1.75 bits per heavy atom. The molecule has 1 N–H and O–H groups in total. The number of aromatic nitrogens is 1. The van der Waals surface area contributed by atoms with Crippen molar-refractivity contribution in [3.8, 4) is 5.75 Å². The summed E-state index contributed by atoms with van der Waals surface area (Å²) >= 11 is 0. The first kappa shape index (κ1) is 24.0. The number of amides is 1. The van der Waals surface area contributed by atoms with Crippen LogP contribution >= 0.6 is 0 Å². The molecule has 2 saturated heterocycles. The van der Waals surface area contributed by atoms with E-state index in [1.807, 2.05) is 30.3 Å². The zero-order valence-electron chi connectivity index (χ0n) is 20.2. The van der Waals surface area contributed by atoms with Crippen molar-refractivity contribution in [3.63, 3.8) is 0 Å². The molecule has 8 heteroatoms. The molecule has 0 bridgehead atoms. The number of benzene rings is 2. The number of methoxy groups -OCH3 is 1. The molecule has 0 saturated carbocycles. The van der Waals surface area contributed by atoms with E-state index in [2.05, 4.69) is 9.88 Å². The van der Waals surface area contributed by atoms with E-state index in [9.17, 15) is 14.7 Å². The van der Waals surface area contributed by atoms with Gasteiger partial charge in [0.15, 0.2) is 0 Å². The Bertz CT molecular complexity index is 1300. The molecule has 8 nitrogen and oxygen atoms in total. The van der Waals surface area contributed by atoms with Crippen molar-refractivity contribution in [3.05, 3.63) is 77.6 Å². The Kier molecular flexibility index (Phi) is 6.97. The number of aliphatic hydroxyl groups excluding tert-OH is 1. The van der Waals surface area contributed by atoms with Crippen molar-refractivity contribution in [1.29, 1.82) is 0 Å². The van der Waals surface area contributed by atoms with Crippen LogP contribution in [0.1, 0.15) is 23.6 Å². The van der Waals surface area contributed by atoms with Crippen molar-refractivity contribution < 1.29 is 24.2 Å². The number of nitrogens with zero attached hydrogens (tertiary/aromatic N) is 3. The van der Waals surface area contributed by atoms with Crippen LogP contribution in [0.5, 0.6) is 5.75 Å². The van der Waals surface area contributed by atoms with E-state index in [0.29, 0.717) is 31.7 Å². The second-order valence-electron chi connectivity index (χ2n) is 9.01. The number of fused-ring (bicyclic) bond motifs is 1. The fourth-order valence-electron chi connectivity index (χ4n) is 4.95. The lowest BCUT2D eigenvalue weighted by Gasteiger charge is -2.29. The summed E-state index contributed by atoms with van der Waals surface area (Å²) in [5.41, 5.74) is 1.33. The molecular weight excluding hydrogens is 458 g/mol. The Morgan fingerprint density at radius 3 is 2.50 bits per heavy atom. The number of likely N-dealkylation sites (tertiary alicyclic amines) is 1. The fourth-order valence-corrected chi connectivity index (χ4v) is 4.95. The number of hydrogen-bond acceptors (Lipinski definition) is 7. The first-order chi connectivity index (χ1) is 17.6. The minimum absolute atomic E-state index is 0.102. The van der Waals surface area contributed by atoms with Crippen LogP contribution in [0.25, 0.3) is 16.5 Å². The molecule has 2 aliphatic heterocycles. The lowest BCUT2D eigenvalue weighted by Crippen LogP contribution is -2.38. The van der Waals surface area contributed by atoms with Gasteiger partial charge in [0.05, 0.1) is 31.9 Å². The number of morpholine rings is 1. The number of pyridine rings is 1. The molecule has 5 rings (SSSR count). The van der Waals surface area contributed by atoms with Crippen LogP contribution in [-0.4, -0.2) is 78.1 Å². The van der Waals surface area contributed by atoms with Gasteiger partial charge >= 0.3 is 0 Å². The number of Topliss-reactive ketones (excluding diaryl/α,β-unsaturated/α-hetero) is 1. The number of rotatable bonds is 7. The van der Waals surface area contributed by atoms with Crippen molar-refractivity contribution >= 4 is 28.2 Å². The smallest absolute Gasteiger partial charge is 0.295 e. The van der Waals surface area contributed by atoms with Gasteiger partial charge in [-0.2, -0.15) is 0 Å². The van der Waals surface area contributed by atoms with E-state index in [4.69, 9.17) is 9.47 Å². The first-order valence-corrected chi connectivity index (χ1v) is 12.1. The minimum Gasteiger partial charge on any atom is -0.507 e. The van der Waals surface area contributed by atoms with Gasteiger partial charge < -0.3 is 19.5 Å². The highest BCUT2D eigenvalue weighted by atomic mass is 16.5. The summed E-state index contributed by atoms with van der Waals surface area (Å²) in [4.78, 5) is 34.4. The number of carbonyl (C=O) groups excluding carboxylic acids is 2. The molecule has 1 atom stereocenters.